The maximum Gasteiger partial charge on any atom is 0.188 e. The SMILES string of the molecule is CCOc1cc(Cl)ccc1CN=C(N)NCCc1ccc(OC)c(OC)c1.I. The molecule has 0 aliphatic carbocycles. The van der Waals surface area contributed by atoms with Gasteiger partial charge in [-0.15, -0.1) is 24.0 Å². The van der Waals surface area contributed by atoms with Crippen molar-refractivity contribution in [1.82, 2.24) is 5.32 Å². The fourth-order valence-corrected chi connectivity index (χ4v) is 2.71. The van der Waals surface area contributed by atoms with Gasteiger partial charge in [0.05, 0.1) is 27.4 Å². The summed E-state index contributed by atoms with van der Waals surface area (Å²) in [5, 5.41) is 3.75. The van der Waals surface area contributed by atoms with Gasteiger partial charge in [-0.1, -0.05) is 23.7 Å². The Balaban J connectivity index is 0.00000392. The van der Waals surface area contributed by atoms with Crippen molar-refractivity contribution >= 4 is 41.5 Å². The minimum absolute atomic E-state index is 0. The van der Waals surface area contributed by atoms with E-state index in [4.69, 9.17) is 31.5 Å². The van der Waals surface area contributed by atoms with Crippen molar-refractivity contribution in [3.8, 4) is 17.2 Å². The lowest BCUT2D eigenvalue weighted by Gasteiger charge is -2.11. The number of methoxy groups -OCH3 is 2. The van der Waals surface area contributed by atoms with Crippen LogP contribution in [0.15, 0.2) is 41.4 Å². The lowest BCUT2D eigenvalue weighted by molar-refractivity contribution is 0.336. The van der Waals surface area contributed by atoms with Crippen molar-refractivity contribution < 1.29 is 14.2 Å². The molecule has 2 rings (SSSR count). The van der Waals surface area contributed by atoms with Gasteiger partial charge in [-0.2, -0.15) is 0 Å². The molecule has 0 saturated carbocycles. The van der Waals surface area contributed by atoms with Crippen LogP contribution in [-0.4, -0.2) is 33.3 Å². The molecule has 2 aromatic carbocycles. The van der Waals surface area contributed by atoms with Gasteiger partial charge >= 0.3 is 0 Å². The summed E-state index contributed by atoms with van der Waals surface area (Å²) < 4.78 is 16.2. The summed E-state index contributed by atoms with van der Waals surface area (Å²) >= 11 is 6.01. The summed E-state index contributed by atoms with van der Waals surface area (Å²) in [4.78, 5) is 4.37. The second kappa shape index (κ2) is 12.6. The van der Waals surface area contributed by atoms with E-state index in [2.05, 4.69) is 10.3 Å². The Bertz CT molecular complexity index is 787. The van der Waals surface area contributed by atoms with Gasteiger partial charge in [-0.05, 0) is 43.2 Å². The predicted molar refractivity (Wildman–Crippen MR) is 125 cm³/mol. The molecule has 0 aromatic heterocycles. The summed E-state index contributed by atoms with van der Waals surface area (Å²) in [7, 11) is 3.24. The molecule has 0 amide bonds. The molecular formula is C20H27ClIN3O3. The number of rotatable bonds is 9. The summed E-state index contributed by atoms with van der Waals surface area (Å²) in [6, 6.07) is 11.3. The van der Waals surface area contributed by atoms with Crippen LogP contribution in [0.1, 0.15) is 18.1 Å². The number of hydrogen-bond acceptors (Lipinski definition) is 4. The molecule has 2 aromatic rings. The van der Waals surface area contributed by atoms with E-state index < -0.39 is 0 Å². The number of nitrogens with two attached hydrogens (primary N) is 1. The lowest BCUT2D eigenvalue weighted by atomic mass is 10.1. The molecule has 0 unspecified atom stereocenters. The topological polar surface area (TPSA) is 78.1 Å². The van der Waals surface area contributed by atoms with Crippen molar-refractivity contribution in [2.75, 3.05) is 27.4 Å². The summed E-state index contributed by atoms with van der Waals surface area (Å²) in [6.07, 6.45) is 0.779. The molecule has 3 N–H and O–H groups in total. The average Bonchev–Trinajstić information content (AvgIpc) is 2.67. The van der Waals surface area contributed by atoms with Gasteiger partial charge in [0.25, 0.3) is 0 Å². The molecule has 6 nitrogen and oxygen atoms in total. The number of hydrogen-bond donors (Lipinski definition) is 2. The Labute approximate surface area is 188 Å². The highest BCUT2D eigenvalue weighted by atomic mass is 127. The zero-order valence-electron chi connectivity index (χ0n) is 16.3. The molecule has 154 valence electrons. The summed E-state index contributed by atoms with van der Waals surface area (Å²) in [5.74, 6) is 2.53. The highest BCUT2D eigenvalue weighted by molar-refractivity contribution is 14.0. The molecule has 28 heavy (non-hydrogen) atoms. The van der Waals surface area contributed by atoms with E-state index in [9.17, 15) is 0 Å². The maximum atomic E-state index is 6.01. The third-order valence-corrected chi connectivity index (χ3v) is 4.15. The van der Waals surface area contributed by atoms with Crippen LogP contribution in [0.4, 0.5) is 0 Å². The van der Waals surface area contributed by atoms with Crippen LogP contribution in [0.25, 0.3) is 0 Å². The first-order valence-electron chi connectivity index (χ1n) is 8.73. The van der Waals surface area contributed by atoms with Crippen molar-refractivity contribution in [1.29, 1.82) is 0 Å². The van der Waals surface area contributed by atoms with Gasteiger partial charge in [0.1, 0.15) is 5.75 Å². The fourth-order valence-electron chi connectivity index (χ4n) is 2.55. The quantitative estimate of drug-likeness (QED) is 0.297. The zero-order chi connectivity index (χ0) is 19.6. The minimum atomic E-state index is 0. The second-order valence-electron chi connectivity index (χ2n) is 5.75. The van der Waals surface area contributed by atoms with Crippen LogP contribution in [0.3, 0.4) is 0 Å². The summed E-state index contributed by atoms with van der Waals surface area (Å²) in [5.41, 5.74) is 8.02. The van der Waals surface area contributed by atoms with Gasteiger partial charge in [-0.3, -0.25) is 0 Å². The molecule has 0 radical (unpaired) electrons. The first-order valence-corrected chi connectivity index (χ1v) is 9.11. The summed E-state index contributed by atoms with van der Waals surface area (Å²) in [6.45, 7) is 3.57. The number of benzene rings is 2. The van der Waals surface area contributed by atoms with E-state index in [-0.39, 0.29) is 24.0 Å². The molecule has 0 atom stereocenters. The Morgan fingerprint density at radius 2 is 1.82 bits per heavy atom. The Hall–Kier alpha value is -1.87. The molecule has 0 bridgehead atoms. The van der Waals surface area contributed by atoms with Crippen molar-refractivity contribution in [3.05, 3.63) is 52.5 Å². The number of halogens is 2. The van der Waals surface area contributed by atoms with Gasteiger partial charge in [0.15, 0.2) is 17.5 Å². The fraction of sp³-hybridized carbons (Fsp3) is 0.350. The van der Waals surface area contributed by atoms with Gasteiger partial charge in [0, 0.05) is 17.1 Å². The Kier molecular flexibility index (Phi) is 10.8. The molecule has 0 aliphatic heterocycles. The van der Waals surface area contributed by atoms with E-state index in [1.54, 1.807) is 20.3 Å². The standard InChI is InChI=1S/C20H26ClN3O3.HI/c1-4-27-18-12-16(21)7-6-15(18)13-24-20(22)23-10-9-14-5-8-17(25-2)19(11-14)26-3;/h5-8,11-12H,4,9-10,13H2,1-3H3,(H3,22,23,24);1H. The third kappa shape index (κ3) is 7.27. The van der Waals surface area contributed by atoms with Crippen LogP contribution in [0.5, 0.6) is 17.2 Å². The predicted octanol–water partition coefficient (Wildman–Crippen LogP) is 4.02. The van der Waals surface area contributed by atoms with E-state index in [0.717, 1.165) is 23.3 Å². The molecule has 8 heteroatoms. The molecule has 0 spiro atoms. The van der Waals surface area contributed by atoms with Crippen molar-refractivity contribution in [2.45, 2.75) is 19.9 Å². The third-order valence-electron chi connectivity index (χ3n) is 3.92. The molecule has 0 heterocycles. The van der Waals surface area contributed by atoms with Crippen LogP contribution in [-0.2, 0) is 13.0 Å². The minimum Gasteiger partial charge on any atom is -0.493 e. The van der Waals surface area contributed by atoms with Crippen LogP contribution >= 0.6 is 35.6 Å². The normalized spacial score (nSPS) is 10.8. The first kappa shape index (κ1) is 24.2. The van der Waals surface area contributed by atoms with Crippen LogP contribution in [0, 0.1) is 0 Å². The van der Waals surface area contributed by atoms with E-state index >= 15 is 0 Å². The highest BCUT2D eigenvalue weighted by Gasteiger charge is 2.06. The molecule has 0 fully saturated rings. The lowest BCUT2D eigenvalue weighted by Crippen LogP contribution is -2.33. The number of aliphatic imine (C=N–C) groups is 1. The largest absolute Gasteiger partial charge is 0.493 e. The highest BCUT2D eigenvalue weighted by Crippen LogP contribution is 2.27. The number of ether oxygens (including phenoxy) is 3. The van der Waals surface area contributed by atoms with Gasteiger partial charge in [0.2, 0.25) is 0 Å². The Morgan fingerprint density at radius 3 is 2.50 bits per heavy atom. The first-order chi connectivity index (χ1) is 13.1. The van der Waals surface area contributed by atoms with E-state index in [1.165, 1.54) is 0 Å². The van der Waals surface area contributed by atoms with Gasteiger partial charge < -0.3 is 25.3 Å². The molecular weight excluding hydrogens is 493 g/mol. The number of nitrogens with one attached hydrogen (secondary N) is 1. The molecule has 0 saturated heterocycles. The Morgan fingerprint density at radius 1 is 1.07 bits per heavy atom. The zero-order valence-corrected chi connectivity index (χ0v) is 19.4. The smallest absolute Gasteiger partial charge is 0.188 e. The van der Waals surface area contributed by atoms with E-state index in [0.29, 0.717) is 42.2 Å². The van der Waals surface area contributed by atoms with Gasteiger partial charge in [-0.25, -0.2) is 4.99 Å². The average molecular weight is 520 g/mol. The van der Waals surface area contributed by atoms with E-state index in [1.807, 2.05) is 37.3 Å². The molecule has 0 aliphatic rings. The number of guanidine groups is 1. The second-order valence-corrected chi connectivity index (χ2v) is 6.19. The van der Waals surface area contributed by atoms with Crippen LogP contribution < -0.4 is 25.3 Å². The van der Waals surface area contributed by atoms with Crippen molar-refractivity contribution in [3.63, 3.8) is 0 Å². The number of nitrogens with zero attached hydrogens (tertiary/aromatic N) is 1. The monoisotopic (exact) mass is 519 g/mol. The van der Waals surface area contributed by atoms with Crippen molar-refractivity contribution in [2.24, 2.45) is 10.7 Å². The maximum absolute atomic E-state index is 6.01. The van der Waals surface area contributed by atoms with Crippen LogP contribution in [0.2, 0.25) is 5.02 Å².